The molecule has 0 amide bonds. The number of ether oxygens (including phenoxy) is 3. The van der Waals surface area contributed by atoms with Crippen molar-refractivity contribution in [3.63, 3.8) is 0 Å². The third-order valence-corrected chi connectivity index (χ3v) is 6.25. The van der Waals surface area contributed by atoms with Crippen molar-refractivity contribution in [2.75, 3.05) is 14.2 Å². The van der Waals surface area contributed by atoms with Gasteiger partial charge in [-0.05, 0) is 0 Å². The van der Waals surface area contributed by atoms with Crippen molar-refractivity contribution in [2.24, 2.45) is 0 Å². The summed E-state index contributed by atoms with van der Waals surface area (Å²) in [6, 6.07) is 0. The van der Waals surface area contributed by atoms with Gasteiger partial charge in [-0.25, -0.2) is 0 Å². The lowest BCUT2D eigenvalue weighted by molar-refractivity contribution is 0.411. The maximum Gasteiger partial charge on any atom is 0.168 e. The second-order valence-corrected chi connectivity index (χ2v) is 7.36. The number of hydrogen-bond acceptors (Lipinski definition) is 3. The van der Waals surface area contributed by atoms with Crippen LogP contribution in [0, 0.1) is 0 Å². The molecule has 25 heavy (non-hydrogen) atoms. The van der Waals surface area contributed by atoms with E-state index in [0.717, 1.165) is 0 Å². The zero-order valence-corrected chi connectivity index (χ0v) is 18.3. The Labute approximate surface area is 183 Å². The molecule has 2 aromatic carbocycles. The number of rotatable bonds is 4. The number of halogens is 8. The van der Waals surface area contributed by atoms with E-state index in [2.05, 4.69) is 0 Å². The van der Waals surface area contributed by atoms with E-state index in [1.807, 2.05) is 0 Å². The normalized spacial score (nSPS) is 10.8. The summed E-state index contributed by atoms with van der Waals surface area (Å²) < 4.78 is 15.8. The first-order chi connectivity index (χ1) is 11.7. The van der Waals surface area contributed by atoms with Crippen molar-refractivity contribution in [1.82, 2.24) is 0 Å². The zero-order valence-electron chi connectivity index (χ0n) is 12.2. The number of benzene rings is 2. The Kier molecular flexibility index (Phi) is 7.25. The predicted octanol–water partition coefficient (Wildman–Crippen LogP) is 8.72. The van der Waals surface area contributed by atoms with Crippen LogP contribution >= 0.6 is 92.8 Å². The smallest absolute Gasteiger partial charge is 0.168 e. The van der Waals surface area contributed by atoms with E-state index in [-0.39, 0.29) is 63.2 Å². The summed E-state index contributed by atoms with van der Waals surface area (Å²) in [4.78, 5) is 0. The fraction of sp³-hybridized carbons (Fsp3) is 0.143. The van der Waals surface area contributed by atoms with Gasteiger partial charge in [0.1, 0.15) is 40.2 Å². The second kappa shape index (κ2) is 8.45. The zero-order chi connectivity index (χ0) is 19.0. The standard InChI is InChI=1S/C14H6Cl8O3/c1-23-11-3(15)7(19)13(8(20)4(11)16)25-14-9(21)5(17)12(24-2)6(18)10(14)22/h1-2H3. The third-order valence-electron chi connectivity index (χ3n) is 2.98. The molecule has 11 heteroatoms. The van der Waals surface area contributed by atoms with Crippen molar-refractivity contribution >= 4 is 92.8 Å². The van der Waals surface area contributed by atoms with Crippen LogP contribution in [-0.4, -0.2) is 14.2 Å². The van der Waals surface area contributed by atoms with E-state index in [1.54, 1.807) is 0 Å². The minimum atomic E-state index is -0.0970. The summed E-state index contributed by atoms with van der Waals surface area (Å²) in [6.07, 6.45) is 0. The molecule has 0 aliphatic heterocycles. The molecule has 136 valence electrons. The van der Waals surface area contributed by atoms with Crippen LogP contribution in [0.25, 0.3) is 0 Å². The Balaban J connectivity index is 2.70. The van der Waals surface area contributed by atoms with Crippen LogP contribution in [0.2, 0.25) is 40.2 Å². The van der Waals surface area contributed by atoms with Gasteiger partial charge in [0.25, 0.3) is 0 Å². The van der Waals surface area contributed by atoms with Gasteiger partial charge in [-0.3, -0.25) is 0 Å². The van der Waals surface area contributed by atoms with Crippen molar-refractivity contribution < 1.29 is 14.2 Å². The first-order valence-corrected chi connectivity index (χ1v) is 9.17. The second-order valence-electron chi connectivity index (χ2n) is 4.34. The lowest BCUT2D eigenvalue weighted by Gasteiger charge is -2.18. The molecule has 0 bridgehead atoms. The predicted molar refractivity (Wildman–Crippen MR) is 106 cm³/mol. The van der Waals surface area contributed by atoms with Crippen LogP contribution in [0.3, 0.4) is 0 Å². The molecule has 0 heterocycles. The molecule has 0 fully saturated rings. The molecule has 0 aliphatic carbocycles. The molecule has 0 saturated carbocycles. The molecule has 0 aliphatic rings. The van der Waals surface area contributed by atoms with Gasteiger partial charge in [-0.2, -0.15) is 0 Å². The Bertz CT molecular complexity index is 725. The summed E-state index contributed by atoms with van der Waals surface area (Å²) >= 11 is 49.2. The van der Waals surface area contributed by atoms with E-state index >= 15 is 0 Å². The topological polar surface area (TPSA) is 27.7 Å². The average molecular weight is 506 g/mol. The number of hydrogen-bond donors (Lipinski definition) is 0. The van der Waals surface area contributed by atoms with Crippen molar-refractivity contribution in [3.05, 3.63) is 40.2 Å². The Morgan fingerprint density at radius 1 is 0.400 bits per heavy atom. The Morgan fingerprint density at radius 2 is 0.600 bits per heavy atom. The molecule has 0 spiro atoms. The lowest BCUT2D eigenvalue weighted by Crippen LogP contribution is -1.96. The van der Waals surface area contributed by atoms with Crippen LogP contribution < -0.4 is 14.2 Å². The van der Waals surface area contributed by atoms with Crippen molar-refractivity contribution in [3.8, 4) is 23.0 Å². The molecule has 0 unspecified atom stereocenters. The maximum absolute atomic E-state index is 6.19. The monoisotopic (exact) mass is 502 g/mol. The van der Waals surface area contributed by atoms with Crippen LogP contribution in [0.5, 0.6) is 23.0 Å². The summed E-state index contributed by atoms with van der Waals surface area (Å²) in [5.74, 6) is -0.0113. The molecule has 0 aromatic heterocycles. The first kappa shape index (κ1) is 21.5. The molecular weight excluding hydrogens is 500 g/mol. The molecule has 2 rings (SSSR count). The van der Waals surface area contributed by atoms with Crippen molar-refractivity contribution in [1.29, 1.82) is 0 Å². The lowest BCUT2D eigenvalue weighted by atomic mass is 10.3. The highest BCUT2D eigenvalue weighted by Gasteiger charge is 2.27. The SMILES string of the molecule is COc1c(Cl)c(Cl)c(Oc2c(Cl)c(Cl)c(OC)c(Cl)c2Cl)c(Cl)c1Cl. The summed E-state index contributed by atoms with van der Waals surface area (Å²) in [6.45, 7) is 0. The van der Waals surface area contributed by atoms with E-state index in [1.165, 1.54) is 14.2 Å². The minimum Gasteiger partial charge on any atom is -0.494 e. The summed E-state index contributed by atoms with van der Waals surface area (Å²) in [7, 11) is 2.72. The number of methoxy groups -OCH3 is 2. The fourth-order valence-corrected chi connectivity index (χ4v) is 3.92. The van der Waals surface area contributed by atoms with E-state index in [9.17, 15) is 0 Å². The van der Waals surface area contributed by atoms with Crippen LogP contribution in [0.15, 0.2) is 0 Å². The van der Waals surface area contributed by atoms with Gasteiger partial charge in [-0.1, -0.05) is 92.8 Å². The van der Waals surface area contributed by atoms with Gasteiger partial charge in [0.05, 0.1) is 14.2 Å². The highest BCUT2D eigenvalue weighted by Crippen LogP contribution is 2.55. The van der Waals surface area contributed by atoms with Gasteiger partial charge in [-0.15, -0.1) is 0 Å². The molecule has 0 atom stereocenters. The first-order valence-electron chi connectivity index (χ1n) is 6.14. The van der Waals surface area contributed by atoms with E-state index in [4.69, 9.17) is 107 Å². The third kappa shape index (κ3) is 3.76. The molecule has 3 nitrogen and oxygen atoms in total. The minimum absolute atomic E-state index is 0.00785. The van der Waals surface area contributed by atoms with Crippen LogP contribution in [0.4, 0.5) is 0 Å². The summed E-state index contributed by atoms with van der Waals surface area (Å²) in [5, 5.41) is -0.298. The van der Waals surface area contributed by atoms with Crippen LogP contribution in [0.1, 0.15) is 0 Å². The van der Waals surface area contributed by atoms with Gasteiger partial charge in [0.2, 0.25) is 0 Å². The van der Waals surface area contributed by atoms with Gasteiger partial charge >= 0.3 is 0 Å². The molecule has 2 aromatic rings. The van der Waals surface area contributed by atoms with Crippen molar-refractivity contribution in [2.45, 2.75) is 0 Å². The molecule has 0 saturated heterocycles. The van der Waals surface area contributed by atoms with Gasteiger partial charge < -0.3 is 14.2 Å². The van der Waals surface area contributed by atoms with E-state index < -0.39 is 0 Å². The largest absolute Gasteiger partial charge is 0.494 e. The average Bonchev–Trinajstić information content (AvgIpc) is 2.59. The maximum atomic E-state index is 6.19. The molecular formula is C14H6Cl8O3. The Morgan fingerprint density at radius 3 is 0.800 bits per heavy atom. The highest BCUT2D eigenvalue weighted by atomic mass is 35.5. The van der Waals surface area contributed by atoms with Gasteiger partial charge in [0, 0.05) is 0 Å². The van der Waals surface area contributed by atoms with Gasteiger partial charge in [0.15, 0.2) is 23.0 Å². The summed E-state index contributed by atoms with van der Waals surface area (Å²) in [5.41, 5.74) is 0. The molecule has 0 radical (unpaired) electrons. The Hall–Kier alpha value is 0.160. The molecule has 0 N–H and O–H groups in total. The fourth-order valence-electron chi connectivity index (χ4n) is 1.82. The highest BCUT2D eigenvalue weighted by molar-refractivity contribution is 6.51. The quantitative estimate of drug-likeness (QED) is 0.389. The van der Waals surface area contributed by atoms with E-state index in [0.29, 0.717) is 0 Å². The van der Waals surface area contributed by atoms with Crippen LogP contribution in [-0.2, 0) is 0 Å².